The van der Waals surface area contributed by atoms with E-state index in [0.717, 1.165) is 5.56 Å². The first-order valence-electron chi connectivity index (χ1n) is 7.33. The summed E-state index contributed by atoms with van der Waals surface area (Å²) in [6, 6.07) is 9.34. The molecule has 0 atom stereocenters. The molecule has 126 valence electrons. The minimum absolute atomic E-state index is 0.143. The van der Waals surface area contributed by atoms with Crippen LogP contribution in [-0.4, -0.2) is 24.5 Å². The van der Waals surface area contributed by atoms with Crippen molar-refractivity contribution in [3.05, 3.63) is 57.6 Å². The highest BCUT2D eigenvalue weighted by Crippen LogP contribution is 2.30. The molecule has 0 aliphatic carbocycles. The number of ether oxygens (including phenoxy) is 2. The molecule has 0 aromatic heterocycles. The molecule has 7 heteroatoms. The zero-order chi connectivity index (χ0) is 17.7. The van der Waals surface area contributed by atoms with Gasteiger partial charge < -0.3 is 14.8 Å². The predicted molar refractivity (Wildman–Crippen MR) is 89.9 cm³/mol. The Morgan fingerprint density at radius 1 is 1.21 bits per heavy atom. The van der Waals surface area contributed by atoms with Gasteiger partial charge in [0.2, 0.25) is 0 Å². The van der Waals surface area contributed by atoms with Crippen LogP contribution in [0.5, 0.6) is 11.5 Å². The molecule has 0 heterocycles. The van der Waals surface area contributed by atoms with Crippen molar-refractivity contribution in [1.29, 1.82) is 0 Å². The van der Waals surface area contributed by atoms with Gasteiger partial charge in [0, 0.05) is 11.6 Å². The molecule has 0 aliphatic heterocycles. The molecule has 0 fully saturated rings. The van der Waals surface area contributed by atoms with E-state index in [9.17, 15) is 14.9 Å². The molecule has 24 heavy (non-hydrogen) atoms. The number of anilines is 1. The summed E-state index contributed by atoms with van der Waals surface area (Å²) in [5.74, 6) is 0.478. The third kappa shape index (κ3) is 3.81. The molecule has 7 nitrogen and oxygen atoms in total. The molecule has 1 amide bonds. The molecule has 0 spiro atoms. The number of carbonyl (C=O) groups excluding carboxylic acids is 1. The van der Waals surface area contributed by atoms with Crippen LogP contribution >= 0.6 is 0 Å². The number of nitro benzene ring substituents is 1. The minimum Gasteiger partial charge on any atom is -0.493 e. The number of nitrogens with zero attached hydrogens (tertiary/aromatic N) is 1. The van der Waals surface area contributed by atoms with Crippen molar-refractivity contribution in [3.63, 3.8) is 0 Å². The highest BCUT2D eigenvalue weighted by Gasteiger charge is 2.18. The third-order valence-electron chi connectivity index (χ3n) is 3.32. The van der Waals surface area contributed by atoms with E-state index in [1.165, 1.54) is 25.3 Å². The van der Waals surface area contributed by atoms with Crippen LogP contribution in [0.4, 0.5) is 11.4 Å². The summed E-state index contributed by atoms with van der Waals surface area (Å²) in [4.78, 5) is 23.0. The second kappa shape index (κ2) is 7.45. The molecular formula is C17H18N2O5. The van der Waals surface area contributed by atoms with E-state index >= 15 is 0 Å². The summed E-state index contributed by atoms with van der Waals surface area (Å²) >= 11 is 0. The number of rotatable bonds is 6. The van der Waals surface area contributed by atoms with E-state index in [1.54, 1.807) is 25.1 Å². The van der Waals surface area contributed by atoms with Crippen molar-refractivity contribution in [2.24, 2.45) is 0 Å². The number of aryl methyl sites for hydroxylation is 1. The Bertz CT molecular complexity index is 774. The molecular weight excluding hydrogens is 312 g/mol. The first-order valence-corrected chi connectivity index (χ1v) is 7.33. The zero-order valence-electron chi connectivity index (χ0n) is 13.7. The van der Waals surface area contributed by atoms with E-state index < -0.39 is 10.8 Å². The van der Waals surface area contributed by atoms with Gasteiger partial charge in [0.25, 0.3) is 11.6 Å². The van der Waals surface area contributed by atoms with Crippen molar-refractivity contribution < 1.29 is 19.2 Å². The molecule has 1 N–H and O–H groups in total. The number of methoxy groups -OCH3 is 1. The lowest BCUT2D eigenvalue weighted by molar-refractivity contribution is -0.384. The molecule has 0 saturated heterocycles. The van der Waals surface area contributed by atoms with Crippen LogP contribution in [-0.2, 0) is 0 Å². The summed E-state index contributed by atoms with van der Waals surface area (Å²) < 4.78 is 10.6. The molecule has 0 unspecified atom stereocenters. The normalized spacial score (nSPS) is 10.1. The fourth-order valence-electron chi connectivity index (χ4n) is 2.18. The second-order valence-electron chi connectivity index (χ2n) is 5.03. The molecule has 0 saturated carbocycles. The molecule has 2 aromatic carbocycles. The standard InChI is InChI=1S/C17H18N2O5/c1-4-24-16-10-12(6-8-15(16)23-3)17(20)18-13-7-5-11(2)9-14(13)19(21)22/h5-10H,4H2,1-3H3,(H,18,20). The maximum atomic E-state index is 12.4. The fourth-order valence-corrected chi connectivity index (χ4v) is 2.18. The van der Waals surface area contributed by atoms with Gasteiger partial charge in [-0.3, -0.25) is 14.9 Å². The Kier molecular flexibility index (Phi) is 5.36. The van der Waals surface area contributed by atoms with Gasteiger partial charge in [0.15, 0.2) is 11.5 Å². The van der Waals surface area contributed by atoms with E-state index in [1.807, 2.05) is 6.92 Å². The second-order valence-corrected chi connectivity index (χ2v) is 5.03. The molecule has 2 aromatic rings. The van der Waals surface area contributed by atoms with Gasteiger partial charge in [0.1, 0.15) is 5.69 Å². The van der Waals surface area contributed by atoms with Gasteiger partial charge in [-0.1, -0.05) is 6.07 Å². The molecule has 0 bridgehead atoms. The van der Waals surface area contributed by atoms with Crippen molar-refractivity contribution in [2.45, 2.75) is 13.8 Å². The summed E-state index contributed by atoms with van der Waals surface area (Å²) in [6.07, 6.45) is 0. The molecule has 2 rings (SSSR count). The lowest BCUT2D eigenvalue weighted by Crippen LogP contribution is -2.13. The van der Waals surface area contributed by atoms with Gasteiger partial charge in [-0.2, -0.15) is 0 Å². The van der Waals surface area contributed by atoms with Crippen LogP contribution in [0.1, 0.15) is 22.8 Å². The SMILES string of the molecule is CCOc1cc(C(=O)Nc2ccc(C)cc2[N+](=O)[O-])ccc1OC. The molecule has 0 aliphatic rings. The largest absolute Gasteiger partial charge is 0.493 e. The van der Waals surface area contributed by atoms with Crippen molar-refractivity contribution in [3.8, 4) is 11.5 Å². The number of benzene rings is 2. The number of hydrogen-bond acceptors (Lipinski definition) is 5. The van der Waals surface area contributed by atoms with Gasteiger partial charge >= 0.3 is 0 Å². The topological polar surface area (TPSA) is 90.7 Å². The maximum absolute atomic E-state index is 12.4. The zero-order valence-corrected chi connectivity index (χ0v) is 13.7. The predicted octanol–water partition coefficient (Wildman–Crippen LogP) is 3.56. The van der Waals surface area contributed by atoms with Gasteiger partial charge in [-0.05, 0) is 43.7 Å². The number of amides is 1. The summed E-state index contributed by atoms with van der Waals surface area (Å²) in [5.41, 5.74) is 1.04. The number of nitro groups is 1. The van der Waals surface area contributed by atoms with E-state index in [2.05, 4.69) is 5.32 Å². The van der Waals surface area contributed by atoms with E-state index in [4.69, 9.17) is 9.47 Å². The Hall–Kier alpha value is -3.09. The van der Waals surface area contributed by atoms with Crippen LogP contribution in [0, 0.1) is 17.0 Å². The highest BCUT2D eigenvalue weighted by atomic mass is 16.6. The average molecular weight is 330 g/mol. The quantitative estimate of drug-likeness (QED) is 0.646. The monoisotopic (exact) mass is 330 g/mol. The van der Waals surface area contributed by atoms with E-state index in [0.29, 0.717) is 23.7 Å². The van der Waals surface area contributed by atoms with Gasteiger partial charge in [-0.25, -0.2) is 0 Å². The van der Waals surface area contributed by atoms with Crippen LogP contribution in [0.2, 0.25) is 0 Å². The van der Waals surface area contributed by atoms with Crippen molar-refractivity contribution >= 4 is 17.3 Å². The number of nitrogens with one attached hydrogen (secondary N) is 1. The van der Waals surface area contributed by atoms with Crippen molar-refractivity contribution in [1.82, 2.24) is 0 Å². The van der Waals surface area contributed by atoms with Crippen LogP contribution in [0.15, 0.2) is 36.4 Å². The summed E-state index contributed by atoms with van der Waals surface area (Å²) in [5, 5.41) is 13.7. The maximum Gasteiger partial charge on any atom is 0.293 e. The summed E-state index contributed by atoms with van der Waals surface area (Å²) in [6.45, 7) is 3.99. The summed E-state index contributed by atoms with van der Waals surface area (Å²) in [7, 11) is 1.51. The fraction of sp³-hybridized carbons (Fsp3) is 0.235. The Morgan fingerprint density at radius 3 is 2.58 bits per heavy atom. The first kappa shape index (κ1) is 17.3. The van der Waals surface area contributed by atoms with Crippen LogP contribution in [0.3, 0.4) is 0 Å². The number of hydrogen-bond donors (Lipinski definition) is 1. The van der Waals surface area contributed by atoms with Gasteiger partial charge in [0.05, 0.1) is 18.6 Å². The van der Waals surface area contributed by atoms with Crippen molar-refractivity contribution in [2.75, 3.05) is 19.0 Å². The Morgan fingerprint density at radius 2 is 1.96 bits per heavy atom. The smallest absolute Gasteiger partial charge is 0.293 e. The lowest BCUT2D eigenvalue weighted by atomic mass is 10.1. The average Bonchev–Trinajstić information content (AvgIpc) is 2.56. The minimum atomic E-state index is -0.526. The third-order valence-corrected chi connectivity index (χ3v) is 3.32. The van der Waals surface area contributed by atoms with Crippen LogP contribution < -0.4 is 14.8 Å². The Labute approximate surface area is 139 Å². The highest BCUT2D eigenvalue weighted by molar-refractivity contribution is 6.05. The Balaban J connectivity index is 2.30. The molecule has 0 radical (unpaired) electrons. The van der Waals surface area contributed by atoms with Gasteiger partial charge in [-0.15, -0.1) is 0 Å². The number of carbonyl (C=O) groups is 1. The lowest BCUT2D eigenvalue weighted by Gasteiger charge is -2.11. The first-order chi connectivity index (χ1) is 11.5. The van der Waals surface area contributed by atoms with E-state index in [-0.39, 0.29) is 11.4 Å². The van der Waals surface area contributed by atoms with Crippen LogP contribution in [0.25, 0.3) is 0 Å².